The first-order valence-electron chi connectivity index (χ1n) is 9.28. The van der Waals surface area contributed by atoms with E-state index in [2.05, 4.69) is 10.6 Å². The van der Waals surface area contributed by atoms with Crippen LogP contribution in [0.5, 0.6) is 17.2 Å². The van der Waals surface area contributed by atoms with E-state index in [1.165, 1.54) is 33.7 Å². The summed E-state index contributed by atoms with van der Waals surface area (Å²) in [5, 5.41) is 5.37. The van der Waals surface area contributed by atoms with Crippen LogP contribution in [-0.4, -0.2) is 33.1 Å². The van der Waals surface area contributed by atoms with Crippen molar-refractivity contribution in [2.45, 2.75) is 0 Å². The molecule has 0 aliphatic carbocycles. The zero-order chi connectivity index (χ0) is 22.2. The highest BCUT2D eigenvalue weighted by molar-refractivity contribution is 6.11. The van der Waals surface area contributed by atoms with E-state index in [-0.39, 0.29) is 5.70 Å². The zero-order valence-electron chi connectivity index (χ0n) is 17.3. The molecule has 1 aromatic heterocycles. The second kappa shape index (κ2) is 10.0. The molecular weight excluding hydrogens is 400 g/mol. The first-order chi connectivity index (χ1) is 15.0. The van der Waals surface area contributed by atoms with Gasteiger partial charge in [-0.3, -0.25) is 9.59 Å². The molecule has 2 amide bonds. The summed E-state index contributed by atoms with van der Waals surface area (Å²) in [6.45, 7) is 0. The van der Waals surface area contributed by atoms with Crippen molar-refractivity contribution in [1.82, 2.24) is 5.32 Å². The number of carbonyl (C=O) groups is 2. The second-order valence-corrected chi connectivity index (χ2v) is 6.28. The lowest BCUT2D eigenvalue weighted by molar-refractivity contribution is -0.113. The van der Waals surface area contributed by atoms with Crippen molar-refractivity contribution in [2.24, 2.45) is 0 Å². The molecule has 160 valence electrons. The Bertz CT molecular complexity index is 1070. The number of nitrogens with one attached hydrogen (secondary N) is 2. The molecule has 0 spiro atoms. The number of carbonyl (C=O) groups excluding carboxylic acids is 2. The second-order valence-electron chi connectivity index (χ2n) is 6.28. The van der Waals surface area contributed by atoms with Gasteiger partial charge in [-0.2, -0.15) is 0 Å². The van der Waals surface area contributed by atoms with Crippen molar-refractivity contribution in [3.8, 4) is 17.2 Å². The van der Waals surface area contributed by atoms with Crippen LogP contribution in [0.15, 0.2) is 71.0 Å². The Morgan fingerprint density at radius 3 is 2.23 bits per heavy atom. The third-order valence-electron chi connectivity index (χ3n) is 4.33. The summed E-state index contributed by atoms with van der Waals surface area (Å²) in [4.78, 5) is 25.7. The molecule has 0 saturated heterocycles. The van der Waals surface area contributed by atoms with Crippen LogP contribution < -0.4 is 24.8 Å². The van der Waals surface area contributed by atoms with Crippen LogP contribution in [0, 0.1) is 0 Å². The van der Waals surface area contributed by atoms with Crippen molar-refractivity contribution in [2.75, 3.05) is 26.6 Å². The van der Waals surface area contributed by atoms with Crippen molar-refractivity contribution >= 4 is 23.6 Å². The van der Waals surface area contributed by atoms with Crippen LogP contribution in [0.3, 0.4) is 0 Å². The lowest BCUT2D eigenvalue weighted by Crippen LogP contribution is -2.30. The Balaban J connectivity index is 1.87. The van der Waals surface area contributed by atoms with Crippen LogP contribution in [0.25, 0.3) is 6.08 Å². The van der Waals surface area contributed by atoms with Crippen molar-refractivity contribution in [3.63, 3.8) is 0 Å². The van der Waals surface area contributed by atoms with E-state index in [1.54, 1.807) is 54.6 Å². The summed E-state index contributed by atoms with van der Waals surface area (Å²) < 4.78 is 20.9. The summed E-state index contributed by atoms with van der Waals surface area (Å²) >= 11 is 0. The Labute approximate surface area is 179 Å². The Morgan fingerprint density at radius 2 is 1.61 bits per heavy atom. The molecule has 0 atom stereocenters. The largest absolute Gasteiger partial charge is 0.497 e. The molecule has 3 rings (SSSR count). The molecule has 31 heavy (non-hydrogen) atoms. The maximum Gasteiger partial charge on any atom is 0.272 e. The van der Waals surface area contributed by atoms with Crippen molar-refractivity contribution in [3.05, 3.63) is 77.9 Å². The number of methoxy groups -OCH3 is 3. The van der Waals surface area contributed by atoms with Crippen LogP contribution in [0.1, 0.15) is 16.1 Å². The van der Waals surface area contributed by atoms with E-state index >= 15 is 0 Å². The number of hydrogen-bond donors (Lipinski definition) is 2. The minimum atomic E-state index is -0.565. The van der Waals surface area contributed by atoms with Gasteiger partial charge in [-0.15, -0.1) is 0 Å². The molecule has 8 heteroatoms. The highest BCUT2D eigenvalue weighted by Gasteiger charge is 2.18. The molecule has 0 aliphatic heterocycles. The predicted molar refractivity (Wildman–Crippen MR) is 115 cm³/mol. The van der Waals surface area contributed by atoms with Gasteiger partial charge in [-0.25, -0.2) is 0 Å². The Kier molecular flexibility index (Phi) is 6.95. The number of furan rings is 1. The SMILES string of the molecule is COc1ccc(C(=O)N/C(=C\c2ccco2)C(=O)Nc2cc(OC)ccc2OC)cc1. The number of amides is 2. The fourth-order valence-corrected chi connectivity index (χ4v) is 2.71. The van der Waals surface area contributed by atoms with Gasteiger partial charge in [0.25, 0.3) is 11.8 Å². The smallest absolute Gasteiger partial charge is 0.272 e. The summed E-state index contributed by atoms with van der Waals surface area (Å²) in [5.74, 6) is 0.962. The summed E-state index contributed by atoms with van der Waals surface area (Å²) in [7, 11) is 4.55. The molecule has 8 nitrogen and oxygen atoms in total. The fourth-order valence-electron chi connectivity index (χ4n) is 2.71. The van der Waals surface area contributed by atoms with Gasteiger partial charge in [0.05, 0.1) is 33.3 Å². The Hall–Kier alpha value is -4.20. The molecule has 0 bridgehead atoms. The summed E-state index contributed by atoms with van der Waals surface area (Å²) in [6.07, 6.45) is 2.90. The first kappa shape index (κ1) is 21.5. The maximum absolute atomic E-state index is 13.0. The average molecular weight is 422 g/mol. The van der Waals surface area contributed by atoms with Gasteiger partial charge in [0.15, 0.2) is 0 Å². The molecule has 0 fully saturated rings. The van der Waals surface area contributed by atoms with Crippen LogP contribution in [-0.2, 0) is 4.79 Å². The minimum Gasteiger partial charge on any atom is -0.497 e. The summed E-state index contributed by atoms with van der Waals surface area (Å²) in [6, 6.07) is 14.9. The van der Waals surface area contributed by atoms with Gasteiger partial charge < -0.3 is 29.3 Å². The lowest BCUT2D eigenvalue weighted by atomic mass is 10.2. The average Bonchev–Trinajstić information content (AvgIpc) is 3.31. The van der Waals surface area contributed by atoms with Gasteiger partial charge in [0, 0.05) is 17.7 Å². The predicted octanol–water partition coefficient (Wildman–Crippen LogP) is 3.72. The van der Waals surface area contributed by atoms with Crippen LogP contribution in [0.2, 0.25) is 0 Å². The fraction of sp³-hybridized carbons (Fsp3) is 0.130. The quantitative estimate of drug-likeness (QED) is 0.537. The number of rotatable bonds is 8. The lowest BCUT2D eigenvalue weighted by Gasteiger charge is -2.14. The van der Waals surface area contributed by atoms with E-state index in [4.69, 9.17) is 18.6 Å². The van der Waals surface area contributed by atoms with E-state index < -0.39 is 11.8 Å². The highest BCUT2D eigenvalue weighted by Crippen LogP contribution is 2.29. The van der Waals surface area contributed by atoms with Crippen molar-refractivity contribution in [1.29, 1.82) is 0 Å². The molecule has 0 saturated carbocycles. The number of ether oxygens (including phenoxy) is 3. The minimum absolute atomic E-state index is 0.0133. The molecule has 0 radical (unpaired) electrons. The third kappa shape index (κ3) is 5.45. The topological polar surface area (TPSA) is 99.0 Å². The molecule has 1 heterocycles. The summed E-state index contributed by atoms with van der Waals surface area (Å²) in [5.41, 5.74) is 0.731. The molecular formula is C23H22N2O6. The zero-order valence-corrected chi connectivity index (χ0v) is 17.3. The van der Waals surface area contributed by atoms with Crippen LogP contribution in [0.4, 0.5) is 5.69 Å². The van der Waals surface area contributed by atoms with E-state index in [1.807, 2.05) is 0 Å². The normalized spacial score (nSPS) is 10.9. The van der Waals surface area contributed by atoms with Gasteiger partial charge in [0.1, 0.15) is 28.7 Å². The number of hydrogen-bond acceptors (Lipinski definition) is 6. The van der Waals surface area contributed by atoms with E-state index in [0.717, 1.165) is 0 Å². The van der Waals surface area contributed by atoms with Gasteiger partial charge in [-0.1, -0.05) is 0 Å². The van der Waals surface area contributed by atoms with Gasteiger partial charge in [0.2, 0.25) is 0 Å². The number of anilines is 1. The molecule has 0 unspecified atom stereocenters. The van der Waals surface area contributed by atoms with Gasteiger partial charge >= 0.3 is 0 Å². The maximum atomic E-state index is 13.0. The third-order valence-corrected chi connectivity index (χ3v) is 4.33. The van der Waals surface area contributed by atoms with E-state index in [0.29, 0.717) is 34.3 Å². The van der Waals surface area contributed by atoms with Crippen molar-refractivity contribution < 1.29 is 28.2 Å². The number of benzene rings is 2. The standard InChI is InChI=1S/C23H22N2O6/c1-28-16-8-6-15(7-9-16)22(26)25-20(14-18-5-4-12-31-18)23(27)24-19-13-17(29-2)10-11-21(19)30-3/h4-14H,1-3H3,(H,24,27)(H,25,26)/b20-14-. The van der Waals surface area contributed by atoms with E-state index in [9.17, 15) is 9.59 Å². The molecule has 3 aromatic rings. The molecule has 2 aromatic carbocycles. The molecule has 0 aliphatic rings. The van der Waals surface area contributed by atoms with Gasteiger partial charge in [-0.05, 0) is 48.5 Å². The van der Waals surface area contributed by atoms with Crippen LogP contribution >= 0.6 is 0 Å². The Morgan fingerprint density at radius 1 is 0.903 bits per heavy atom. The molecule has 2 N–H and O–H groups in total. The monoisotopic (exact) mass is 422 g/mol. The highest BCUT2D eigenvalue weighted by atomic mass is 16.5. The first-order valence-corrected chi connectivity index (χ1v) is 9.28.